The van der Waals surface area contributed by atoms with Crippen molar-refractivity contribution in [2.24, 2.45) is 5.92 Å². The number of carbonyl (C=O) groups excluding carboxylic acids is 2. The van der Waals surface area contributed by atoms with E-state index in [4.69, 9.17) is 0 Å². The standard InChI is InChI=1S/C7H12O4Se/c1-11-7(10)5(6(8)9)3-4-12-2/h5H,3-4H2,1-2H3,(H,8,9)/p-1. The van der Waals surface area contributed by atoms with E-state index in [-0.39, 0.29) is 0 Å². The van der Waals surface area contributed by atoms with Crippen LogP contribution in [0.2, 0.25) is 11.1 Å². The van der Waals surface area contributed by atoms with Crippen molar-refractivity contribution in [2.75, 3.05) is 7.11 Å². The van der Waals surface area contributed by atoms with Crippen molar-refractivity contribution in [3.8, 4) is 0 Å². The normalized spacial score (nSPS) is 12.2. The van der Waals surface area contributed by atoms with Gasteiger partial charge in [-0.15, -0.1) is 0 Å². The van der Waals surface area contributed by atoms with Crippen molar-refractivity contribution in [3.05, 3.63) is 0 Å². The van der Waals surface area contributed by atoms with Crippen molar-refractivity contribution in [3.63, 3.8) is 0 Å². The first kappa shape index (κ1) is 11.5. The van der Waals surface area contributed by atoms with Crippen molar-refractivity contribution < 1.29 is 19.4 Å². The third-order valence-electron chi connectivity index (χ3n) is 1.38. The Hall–Kier alpha value is -0.541. The van der Waals surface area contributed by atoms with Crippen LogP contribution in [0.25, 0.3) is 0 Å². The van der Waals surface area contributed by atoms with Gasteiger partial charge in [-0.25, -0.2) is 0 Å². The summed E-state index contributed by atoms with van der Waals surface area (Å²) >= 11 is 0.377. The van der Waals surface area contributed by atoms with Crippen LogP contribution in [0.4, 0.5) is 0 Å². The minimum atomic E-state index is -1.34. The van der Waals surface area contributed by atoms with Gasteiger partial charge in [0.2, 0.25) is 0 Å². The fourth-order valence-electron chi connectivity index (χ4n) is 0.710. The molecule has 0 aliphatic rings. The number of rotatable bonds is 5. The van der Waals surface area contributed by atoms with Gasteiger partial charge in [-0.05, 0) is 0 Å². The summed E-state index contributed by atoms with van der Waals surface area (Å²) in [6, 6.07) is 0. The van der Waals surface area contributed by atoms with Crippen LogP contribution in [0.15, 0.2) is 0 Å². The van der Waals surface area contributed by atoms with E-state index in [1.165, 1.54) is 7.11 Å². The SMILES string of the molecule is COC(=O)C(CC[Se]C)C(=O)[O-]. The molecule has 0 aliphatic carbocycles. The molecular formula is C7H11O4Se-. The molecule has 1 atom stereocenters. The van der Waals surface area contributed by atoms with Gasteiger partial charge in [-0.3, -0.25) is 0 Å². The molecular weight excluding hydrogens is 227 g/mol. The number of hydrogen-bond donors (Lipinski definition) is 0. The summed E-state index contributed by atoms with van der Waals surface area (Å²) in [4.78, 5) is 21.2. The van der Waals surface area contributed by atoms with E-state index in [0.717, 1.165) is 5.32 Å². The summed E-state index contributed by atoms with van der Waals surface area (Å²) in [5.74, 6) is -1.15. The molecule has 0 N–H and O–H groups in total. The van der Waals surface area contributed by atoms with Gasteiger partial charge in [0.15, 0.2) is 0 Å². The zero-order valence-electron chi connectivity index (χ0n) is 7.03. The molecule has 4 nitrogen and oxygen atoms in total. The maximum absolute atomic E-state index is 10.8. The molecule has 1 unspecified atom stereocenters. The number of methoxy groups -OCH3 is 1. The van der Waals surface area contributed by atoms with E-state index in [2.05, 4.69) is 4.74 Å². The first-order valence-electron chi connectivity index (χ1n) is 3.41. The van der Waals surface area contributed by atoms with Gasteiger partial charge in [0.25, 0.3) is 0 Å². The Balaban J connectivity index is 4.04. The van der Waals surface area contributed by atoms with Crippen molar-refractivity contribution in [1.29, 1.82) is 0 Å². The zero-order chi connectivity index (χ0) is 9.56. The molecule has 0 bridgehead atoms. The van der Waals surface area contributed by atoms with Crippen LogP contribution in [0, 0.1) is 5.92 Å². The molecule has 0 aromatic heterocycles. The van der Waals surface area contributed by atoms with Gasteiger partial charge < -0.3 is 0 Å². The van der Waals surface area contributed by atoms with E-state index in [1.807, 2.05) is 5.82 Å². The van der Waals surface area contributed by atoms with Crippen molar-refractivity contribution in [2.45, 2.75) is 17.6 Å². The van der Waals surface area contributed by atoms with Crippen LogP contribution in [0.5, 0.6) is 0 Å². The quantitative estimate of drug-likeness (QED) is 0.353. The van der Waals surface area contributed by atoms with Gasteiger partial charge in [0, 0.05) is 0 Å². The van der Waals surface area contributed by atoms with Crippen LogP contribution in [0.3, 0.4) is 0 Å². The molecule has 0 saturated heterocycles. The molecule has 70 valence electrons. The molecule has 0 amide bonds. The molecule has 0 rings (SSSR count). The van der Waals surface area contributed by atoms with Crippen LogP contribution < -0.4 is 5.11 Å². The van der Waals surface area contributed by atoms with Gasteiger partial charge in [-0.1, -0.05) is 0 Å². The van der Waals surface area contributed by atoms with E-state index in [9.17, 15) is 14.7 Å². The van der Waals surface area contributed by atoms with Crippen LogP contribution in [-0.2, 0) is 14.3 Å². The number of esters is 1. The number of carbonyl (C=O) groups is 2. The number of ether oxygens (including phenoxy) is 1. The predicted molar refractivity (Wildman–Crippen MR) is 41.6 cm³/mol. The van der Waals surface area contributed by atoms with Crippen LogP contribution in [0.1, 0.15) is 6.42 Å². The van der Waals surface area contributed by atoms with Gasteiger partial charge in [-0.2, -0.15) is 0 Å². The fraction of sp³-hybridized carbons (Fsp3) is 0.714. The minimum absolute atomic E-state index is 0.325. The Bertz CT molecular complexity index is 169. The average Bonchev–Trinajstić information content (AvgIpc) is 2.04. The summed E-state index contributed by atoms with van der Waals surface area (Å²) in [5, 5.41) is 11.2. The Kier molecular flexibility index (Phi) is 5.76. The molecule has 0 heterocycles. The second-order valence-corrected chi connectivity index (χ2v) is 4.24. The Morgan fingerprint density at radius 2 is 2.17 bits per heavy atom. The molecule has 5 heteroatoms. The fourth-order valence-corrected chi connectivity index (χ4v) is 1.70. The monoisotopic (exact) mass is 239 g/mol. The summed E-state index contributed by atoms with van der Waals surface area (Å²) in [5.41, 5.74) is 0. The first-order valence-corrected chi connectivity index (χ1v) is 6.33. The van der Waals surface area contributed by atoms with Crippen molar-refractivity contribution in [1.82, 2.24) is 0 Å². The van der Waals surface area contributed by atoms with E-state index < -0.39 is 17.9 Å². The molecule has 0 aliphatic heterocycles. The Labute approximate surface area is 77.4 Å². The molecule has 0 saturated carbocycles. The van der Waals surface area contributed by atoms with E-state index in [1.54, 1.807) is 0 Å². The number of carboxylic acids is 1. The Morgan fingerprint density at radius 1 is 1.58 bits per heavy atom. The average molecular weight is 238 g/mol. The third kappa shape index (κ3) is 3.74. The topological polar surface area (TPSA) is 66.4 Å². The molecule has 0 spiro atoms. The summed E-state index contributed by atoms with van der Waals surface area (Å²) in [6.45, 7) is 0. The molecule has 0 fully saturated rings. The second-order valence-electron chi connectivity index (χ2n) is 2.18. The molecule has 0 aromatic rings. The molecule has 0 radical (unpaired) electrons. The number of carboxylic acid groups (broad SMARTS) is 1. The second kappa shape index (κ2) is 6.03. The summed E-state index contributed by atoms with van der Waals surface area (Å²) in [6.07, 6.45) is 0.325. The number of aliphatic carboxylic acids is 1. The predicted octanol–water partition coefficient (Wildman–Crippen LogP) is -0.914. The molecule has 12 heavy (non-hydrogen) atoms. The summed E-state index contributed by atoms with van der Waals surface area (Å²) < 4.78 is 4.32. The third-order valence-corrected chi connectivity index (χ3v) is 2.73. The van der Waals surface area contributed by atoms with Crippen molar-refractivity contribution >= 4 is 26.9 Å². The Morgan fingerprint density at radius 3 is 2.50 bits per heavy atom. The van der Waals surface area contributed by atoms with Gasteiger partial charge in [0.05, 0.1) is 0 Å². The maximum atomic E-state index is 10.8. The molecule has 0 aromatic carbocycles. The van der Waals surface area contributed by atoms with Crippen LogP contribution >= 0.6 is 0 Å². The van der Waals surface area contributed by atoms with Gasteiger partial charge >= 0.3 is 76.9 Å². The van der Waals surface area contributed by atoms with E-state index >= 15 is 0 Å². The van der Waals surface area contributed by atoms with Crippen LogP contribution in [-0.4, -0.2) is 34.0 Å². The first-order chi connectivity index (χ1) is 5.63. The van der Waals surface area contributed by atoms with E-state index in [0.29, 0.717) is 21.4 Å². The zero-order valence-corrected chi connectivity index (χ0v) is 8.75. The summed E-state index contributed by atoms with van der Waals surface area (Å²) in [7, 11) is 1.18. The number of hydrogen-bond acceptors (Lipinski definition) is 4. The van der Waals surface area contributed by atoms with Gasteiger partial charge in [0.1, 0.15) is 0 Å².